The minimum Gasteiger partial charge on any atom is -0.353 e. The van der Waals surface area contributed by atoms with Crippen molar-refractivity contribution >= 4 is 11.8 Å². The van der Waals surface area contributed by atoms with Gasteiger partial charge >= 0.3 is 0 Å². The number of nitrogens with one attached hydrogen (secondary N) is 2. The second kappa shape index (κ2) is 9.73. The zero-order chi connectivity index (χ0) is 18.9. The van der Waals surface area contributed by atoms with Crippen molar-refractivity contribution in [2.24, 2.45) is 0 Å². The molecule has 0 radical (unpaired) electrons. The lowest BCUT2D eigenvalue weighted by Gasteiger charge is -2.24. The van der Waals surface area contributed by atoms with Crippen LogP contribution in [-0.4, -0.2) is 49.9 Å². The Morgan fingerprint density at radius 3 is 2.27 bits per heavy atom. The molecule has 1 atom stereocenters. The van der Waals surface area contributed by atoms with Crippen molar-refractivity contribution in [3.05, 3.63) is 71.3 Å². The van der Waals surface area contributed by atoms with Gasteiger partial charge in [-0.15, -0.1) is 0 Å². The molecule has 2 rings (SSSR count). The van der Waals surface area contributed by atoms with Gasteiger partial charge in [0.25, 0.3) is 5.91 Å². The van der Waals surface area contributed by atoms with Crippen molar-refractivity contribution < 1.29 is 9.59 Å². The topological polar surface area (TPSA) is 61.4 Å². The van der Waals surface area contributed by atoms with E-state index in [-0.39, 0.29) is 24.4 Å². The molecule has 0 fully saturated rings. The Morgan fingerprint density at radius 1 is 0.962 bits per heavy atom. The van der Waals surface area contributed by atoms with Crippen LogP contribution in [0.25, 0.3) is 0 Å². The minimum absolute atomic E-state index is 0.0291. The van der Waals surface area contributed by atoms with E-state index in [2.05, 4.69) is 27.7 Å². The van der Waals surface area contributed by atoms with E-state index in [9.17, 15) is 9.59 Å². The molecule has 5 heteroatoms. The summed E-state index contributed by atoms with van der Waals surface area (Å²) in [7, 11) is 4.00. The summed E-state index contributed by atoms with van der Waals surface area (Å²) in [5.74, 6) is -0.418. The Hall–Kier alpha value is -2.66. The molecule has 0 saturated carbocycles. The van der Waals surface area contributed by atoms with Crippen LogP contribution < -0.4 is 10.6 Å². The Morgan fingerprint density at radius 2 is 1.62 bits per heavy atom. The zero-order valence-electron chi connectivity index (χ0n) is 15.7. The van der Waals surface area contributed by atoms with Crippen LogP contribution in [0.3, 0.4) is 0 Å². The van der Waals surface area contributed by atoms with E-state index in [0.29, 0.717) is 12.1 Å². The molecule has 0 aromatic heterocycles. The van der Waals surface area contributed by atoms with Crippen LogP contribution in [0.2, 0.25) is 0 Å². The van der Waals surface area contributed by atoms with Crippen LogP contribution in [0.1, 0.15) is 21.5 Å². The highest BCUT2D eigenvalue weighted by Gasteiger charge is 2.14. The van der Waals surface area contributed by atoms with Crippen molar-refractivity contribution in [1.29, 1.82) is 0 Å². The highest BCUT2D eigenvalue weighted by atomic mass is 16.2. The first-order chi connectivity index (χ1) is 12.5. The van der Waals surface area contributed by atoms with Gasteiger partial charge in [-0.25, -0.2) is 0 Å². The molecule has 2 N–H and O–H groups in total. The predicted octanol–water partition coefficient (Wildman–Crippen LogP) is 2.01. The molecule has 0 aliphatic rings. The summed E-state index contributed by atoms with van der Waals surface area (Å²) < 4.78 is 0. The van der Waals surface area contributed by atoms with Gasteiger partial charge in [-0.3, -0.25) is 9.59 Å². The van der Waals surface area contributed by atoms with Crippen LogP contribution in [-0.2, 0) is 11.2 Å². The maximum Gasteiger partial charge on any atom is 0.251 e. The lowest BCUT2D eigenvalue weighted by molar-refractivity contribution is -0.120. The SMILES string of the molecule is Cc1ccccc1C(=O)NCC(=O)NCC(Cc1ccccc1)N(C)C. The molecule has 0 aliphatic heterocycles. The number of carbonyl (C=O) groups excluding carboxylic acids is 2. The van der Waals surface area contributed by atoms with E-state index < -0.39 is 0 Å². The van der Waals surface area contributed by atoms with Crippen LogP contribution in [0, 0.1) is 6.92 Å². The third-order valence-corrected chi connectivity index (χ3v) is 4.38. The van der Waals surface area contributed by atoms with Crippen molar-refractivity contribution in [3.63, 3.8) is 0 Å². The highest BCUT2D eigenvalue weighted by Crippen LogP contribution is 2.07. The molecule has 0 saturated heterocycles. The second-order valence-corrected chi connectivity index (χ2v) is 6.61. The summed E-state index contributed by atoms with van der Waals surface area (Å²) in [6.07, 6.45) is 0.851. The fourth-order valence-corrected chi connectivity index (χ4v) is 2.70. The van der Waals surface area contributed by atoms with Gasteiger partial charge in [0.1, 0.15) is 0 Å². The number of nitrogens with zero attached hydrogens (tertiary/aromatic N) is 1. The average Bonchev–Trinajstić information content (AvgIpc) is 2.64. The summed E-state index contributed by atoms with van der Waals surface area (Å²) in [5.41, 5.74) is 2.71. The number of benzene rings is 2. The van der Waals surface area contributed by atoms with Crippen molar-refractivity contribution in [2.75, 3.05) is 27.2 Å². The molecule has 2 amide bonds. The van der Waals surface area contributed by atoms with Gasteiger partial charge in [0.2, 0.25) is 5.91 Å². The van der Waals surface area contributed by atoms with Crippen LogP contribution in [0.15, 0.2) is 54.6 Å². The van der Waals surface area contributed by atoms with E-state index in [0.717, 1.165) is 12.0 Å². The maximum atomic E-state index is 12.2. The lowest BCUT2D eigenvalue weighted by atomic mass is 10.1. The Kier molecular flexibility index (Phi) is 7.36. The zero-order valence-corrected chi connectivity index (χ0v) is 15.7. The van der Waals surface area contributed by atoms with E-state index in [1.165, 1.54) is 5.56 Å². The van der Waals surface area contributed by atoms with E-state index in [1.807, 2.05) is 57.4 Å². The largest absolute Gasteiger partial charge is 0.353 e. The molecule has 2 aromatic rings. The van der Waals surface area contributed by atoms with Gasteiger partial charge in [-0.2, -0.15) is 0 Å². The third-order valence-electron chi connectivity index (χ3n) is 4.38. The summed E-state index contributed by atoms with van der Waals surface area (Å²) >= 11 is 0. The van der Waals surface area contributed by atoms with Crippen LogP contribution >= 0.6 is 0 Å². The average molecular weight is 353 g/mol. The monoisotopic (exact) mass is 353 g/mol. The smallest absolute Gasteiger partial charge is 0.251 e. The molecule has 0 heterocycles. The number of aryl methyl sites for hydroxylation is 1. The summed E-state index contributed by atoms with van der Waals surface area (Å²) in [5, 5.41) is 5.59. The molecular weight excluding hydrogens is 326 g/mol. The number of carbonyl (C=O) groups is 2. The number of amides is 2. The number of hydrogen-bond donors (Lipinski definition) is 2. The number of likely N-dealkylation sites (N-methyl/N-ethyl adjacent to an activating group) is 1. The van der Waals surface area contributed by atoms with E-state index in [1.54, 1.807) is 6.07 Å². The number of hydrogen-bond acceptors (Lipinski definition) is 3. The quantitative estimate of drug-likeness (QED) is 0.763. The van der Waals surface area contributed by atoms with Gasteiger partial charge in [-0.1, -0.05) is 48.5 Å². The van der Waals surface area contributed by atoms with Crippen LogP contribution in [0.5, 0.6) is 0 Å². The minimum atomic E-state index is -0.230. The van der Waals surface area contributed by atoms with Gasteiger partial charge in [0.05, 0.1) is 6.54 Å². The first-order valence-corrected chi connectivity index (χ1v) is 8.78. The second-order valence-electron chi connectivity index (χ2n) is 6.61. The maximum absolute atomic E-state index is 12.2. The standard InChI is InChI=1S/C21H27N3O2/c1-16-9-7-8-12-19(16)21(26)23-15-20(25)22-14-18(24(2)3)13-17-10-5-4-6-11-17/h4-12,18H,13-15H2,1-3H3,(H,22,25)(H,23,26). The van der Waals surface area contributed by atoms with Gasteiger partial charge in [-0.05, 0) is 44.6 Å². The summed E-state index contributed by atoms with van der Waals surface area (Å²) in [4.78, 5) is 26.4. The number of rotatable bonds is 8. The van der Waals surface area contributed by atoms with Crippen LogP contribution in [0.4, 0.5) is 0 Å². The third kappa shape index (κ3) is 6.01. The predicted molar refractivity (Wildman–Crippen MR) is 104 cm³/mol. The van der Waals surface area contributed by atoms with Crippen molar-refractivity contribution in [3.8, 4) is 0 Å². The molecule has 5 nitrogen and oxygen atoms in total. The van der Waals surface area contributed by atoms with Gasteiger partial charge < -0.3 is 15.5 Å². The first-order valence-electron chi connectivity index (χ1n) is 8.78. The summed E-state index contributed by atoms with van der Waals surface area (Å²) in [6.45, 7) is 2.37. The fourth-order valence-electron chi connectivity index (χ4n) is 2.70. The molecule has 0 bridgehead atoms. The molecule has 0 spiro atoms. The van der Waals surface area contributed by atoms with E-state index in [4.69, 9.17) is 0 Å². The summed E-state index contributed by atoms with van der Waals surface area (Å²) in [6, 6.07) is 17.7. The van der Waals surface area contributed by atoms with Crippen molar-refractivity contribution in [2.45, 2.75) is 19.4 Å². The molecule has 26 heavy (non-hydrogen) atoms. The normalized spacial score (nSPS) is 11.8. The molecule has 1 unspecified atom stereocenters. The van der Waals surface area contributed by atoms with E-state index >= 15 is 0 Å². The fraction of sp³-hybridized carbons (Fsp3) is 0.333. The van der Waals surface area contributed by atoms with Crippen molar-refractivity contribution in [1.82, 2.24) is 15.5 Å². The highest BCUT2D eigenvalue weighted by molar-refractivity contribution is 5.97. The Bertz CT molecular complexity index is 729. The first kappa shape index (κ1) is 19.7. The molecule has 0 aliphatic carbocycles. The Labute approximate surface area is 155 Å². The van der Waals surface area contributed by atoms with Gasteiger partial charge in [0.15, 0.2) is 0 Å². The lowest BCUT2D eigenvalue weighted by Crippen LogP contribution is -2.44. The van der Waals surface area contributed by atoms with Gasteiger partial charge in [0, 0.05) is 18.2 Å². The Balaban J connectivity index is 1.81. The molecule has 2 aromatic carbocycles. The molecule has 138 valence electrons. The molecular formula is C21H27N3O2.